The molecule has 2 fully saturated rings. The van der Waals surface area contributed by atoms with Gasteiger partial charge in [-0.15, -0.1) is 0 Å². The summed E-state index contributed by atoms with van der Waals surface area (Å²) in [6.07, 6.45) is -12.2. The molecule has 0 aliphatic carbocycles. The first-order valence-electron chi connectivity index (χ1n) is 17.7. The molecule has 0 radical (unpaired) electrons. The van der Waals surface area contributed by atoms with Crippen molar-refractivity contribution in [2.24, 2.45) is 0 Å². The number of benzene rings is 3. The second-order valence-corrected chi connectivity index (χ2v) is 13.3. The van der Waals surface area contributed by atoms with Crippen molar-refractivity contribution in [1.82, 2.24) is 0 Å². The number of methoxy groups -OCH3 is 2. The van der Waals surface area contributed by atoms with Crippen LogP contribution in [0.1, 0.15) is 29.7 Å². The van der Waals surface area contributed by atoms with Crippen LogP contribution in [0.3, 0.4) is 0 Å². The van der Waals surface area contributed by atoms with Crippen molar-refractivity contribution in [3.8, 4) is 40.2 Å². The zero-order valence-electron chi connectivity index (χ0n) is 31.1. The van der Waals surface area contributed by atoms with Gasteiger partial charge in [0, 0.05) is 30.7 Å². The van der Waals surface area contributed by atoms with Gasteiger partial charge in [0.1, 0.15) is 72.0 Å². The molecular weight excluding hydrogens is 772 g/mol. The molecule has 0 amide bonds. The van der Waals surface area contributed by atoms with Crippen molar-refractivity contribution in [2.75, 3.05) is 27.4 Å². The fourth-order valence-electron chi connectivity index (χ4n) is 6.28. The standard InChI is InChI=1S/C39H42O19/c1-17(40)54-37-31(45)23(43)15-53-39(37)56-25-13-21(42)12-24-22(25)14-28(36(55-24)19-10-26(50-2)32(46)27(11-19)51-3)57-38-35(49)34(48)33(47)29(58-38)16-52-30(44)9-6-18-4-7-20(41)8-5-18/h4-14,23,29,31,33-39,41-43,45-49H,15-16H2,1-3H3/b9-6+/t23-,29+,31+,33+,34-,35-,36?,37+,38+,39+/m0/s1. The van der Waals surface area contributed by atoms with E-state index in [0.29, 0.717) is 5.56 Å². The third-order valence-electron chi connectivity index (χ3n) is 9.27. The second kappa shape index (κ2) is 17.8. The van der Waals surface area contributed by atoms with Crippen LogP contribution in [0, 0.1) is 0 Å². The van der Waals surface area contributed by atoms with E-state index >= 15 is 0 Å². The molecule has 58 heavy (non-hydrogen) atoms. The Morgan fingerprint density at radius 1 is 0.810 bits per heavy atom. The number of esters is 2. The third kappa shape index (κ3) is 9.16. The normalized spacial score (nSPS) is 28.0. The molecule has 10 atom stereocenters. The number of aliphatic hydroxyl groups excluding tert-OH is 5. The van der Waals surface area contributed by atoms with E-state index in [0.717, 1.165) is 19.1 Å². The maximum absolute atomic E-state index is 12.5. The SMILES string of the molecule is COc1cc(C2Oc3cc(O)cc(O[C@H]4OC[C@H](O)[C@@H](O)[C@H]4OC(C)=O)c3C=C2O[C@@H]2O[C@H](COC(=O)/C=C/c3ccc(O)cc3)[C@@H](O)[C@H](O)[C@@H]2O)cc(OC)c1O. The smallest absolute Gasteiger partial charge is 0.330 e. The fourth-order valence-corrected chi connectivity index (χ4v) is 6.28. The van der Waals surface area contributed by atoms with Crippen molar-refractivity contribution in [2.45, 2.75) is 68.3 Å². The third-order valence-corrected chi connectivity index (χ3v) is 9.27. The Bertz CT molecular complexity index is 1990. The molecule has 2 saturated heterocycles. The summed E-state index contributed by atoms with van der Waals surface area (Å²) in [7, 11) is 2.59. The van der Waals surface area contributed by atoms with Crippen LogP contribution >= 0.6 is 0 Å². The van der Waals surface area contributed by atoms with E-state index in [4.69, 9.17) is 42.6 Å². The summed E-state index contributed by atoms with van der Waals surface area (Å²) < 4.78 is 51.0. The first kappa shape index (κ1) is 41.8. The average Bonchev–Trinajstić information content (AvgIpc) is 3.20. The summed E-state index contributed by atoms with van der Waals surface area (Å²) in [5, 5.41) is 84.3. The number of carbonyl (C=O) groups is 2. The van der Waals surface area contributed by atoms with E-state index < -0.39 is 86.6 Å². The number of hydrogen-bond donors (Lipinski definition) is 8. The van der Waals surface area contributed by atoms with Gasteiger partial charge in [0.2, 0.25) is 18.3 Å². The van der Waals surface area contributed by atoms with E-state index in [1.807, 2.05) is 0 Å². The highest BCUT2D eigenvalue weighted by atomic mass is 16.7. The van der Waals surface area contributed by atoms with Gasteiger partial charge in [0.25, 0.3) is 0 Å². The monoisotopic (exact) mass is 814 g/mol. The molecule has 8 N–H and O–H groups in total. The Hall–Kier alpha value is -5.80. The van der Waals surface area contributed by atoms with Crippen LogP contribution < -0.4 is 18.9 Å². The number of fused-ring (bicyclic) bond motifs is 1. The minimum absolute atomic E-state index is 0.0236. The lowest BCUT2D eigenvalue weighted by Crippen LogP contribution is -2.59. The molecule has 6 rings (SSSR count). The highest BCUT2D eigenvalue weighted by Crippen LogP contribution is 2.48. The summed E-state index contributed by atoms with van der Waals surface area (Å²) in [6, 6.07) is 11.1. The Morgan fingerprint density at radius 2 is 1.50 bits per heavy atom. The number of aliphatic hydroxyl groups is 5. The van der Waals surface area contributed by atoms with Crippen LogP contribution in [0.5, 0.6) is 40.2 Å². The van der Waals surface area contributed by atoms with Crippen LogP contribution in [-0.2, 0) is 33.3 Å². The zero-order valence-corrected chi connectivity index (χ0v) is 31.1. The maximum Gasteiger partial charge on any atom is 0.330 e. The van der Waals surface area contributed by atoms with Gasteiger partial charge >= 0.3 is 11.9 Å². The van der Waals surface area contributed by atoms with Crippen molar-refractivity contribution in [3.05, 3.63) is 77.1 Å². The highest BCUT2D eigenvalue weighted by molar-refractivity contribution is 5.87. The molecule has 0 aromatic heterocycles. The number of ether oxygens (including phenoxy) is 9. The molecule has 0 spiro atoms. The van der Waals surface area contributed by atoms with Gasteiger partial charge in [-0.25, -0.2) is 4.79 Å². The van der Waals surface area contributed by atoms with Gasteiger partial charge in [-0.2, -0.15) is 0 Å². The molecule has 3 heterocycles. The number of hydrogen-bond acceptors (Lipinski definition) is 19. The topological polar surface area (TPSA) is 279 Å². The first-order valence-corrected chi connectivity index (χ1v) is 17.7. The van der Waals surface area contributed by atoms with Gasteiger partial charge < -0.3 is 83.5 Å². The van der Waals surface area contributed by atoms with Crippen LogP contribution in [0.2, 0.25) is 0 Å². The van der Waals surface area contributed by atoms with Crippen molar-refractivity contribution < 1.29 is 93.1 Å². The predicted octanol–water partition coefficient (Wildman–Crippen LogP) is 0.765. The summed E-state index contributed by atoms with van der Waals surface area (Å²) in [5.41, 5.74) is 0.882. The minimum Gasteiger partial charge on any atom is -0.508 e. The fraction of sp³-hybridized carbons (Fsp3) is 0.385. The van der Waals surface area contributed by atoms with Crippen molar-refractivity contribution in [3.63, 3.8) is 0 Å². The number of carbonyl (C=O) groups excluding carboxylic acids is 2. The van der Waals surface area contributed by atoms with Gasteiger partial charge in [-0.1, -0.05) is 12.1 Å². The molecule has 19 nitrogen and oxygen atoms in total. The van der Waals surface area contributed by atoms with Crippen LogP contribution in [0.15, 0.2) is 60.4 Å². The number of phenolic OH excluding ortho intramolecular Hbond substituents is 3. The van der Waals surface area contributed by atoms with E-state index in [9.17, 15) is 50.4 Å². The summed E-state index contributed by atoms with van der Waals surface area (Å²) in [6.45, 7) is 0.0756. The molecule has 3 aliphatic heterocycles. The van der Waals surface area contributed by atoms with E-state index in [1.54, 1.807) is 12.1 Å². The Balaban J connectivity index is 1.33. The van der Waals surface area contributed by atoms with Gasteiger partial charge in [0.15, 0.2) is 23.7 Å². The average molecular weight is 815 g/mol. The number of aromatic hydroxyl groups is 3. The first-order chi connectivity index (χ1) is 27.7. The Labute approximate surface area is 330 Å². The quantitative estimate of drug-likeness (QED) is 0.0926. The zero-order chi connectivity index (χ0) is 41.8. The molecule has 0 saturated carbocycles. The van der Waals surface area contributed by atoms with Crippen molar-refractivity contribution in [1.29, 1.82) is 0 Å². The van der Waals surface area contributed by atoms with Gasteiger partial charge in [0.05, 0.1) is 26.4 Å². The van der Waals surface area contributed by atoms with E-state index in [1.165, 1.54) is 56.7 Å². The Morgan fingerprint density at radius 3 is 2.16 bits per heavy atom. The lowest BCUT2D eigenvalue weighted by molar-refractivity contribution is -0.294. The maximum atomic E-state index is 12.5. The van der Waals surface area contributed by atoms with Gasteiger partial charge in [-0.3, -0.25) is 4.79 Å². The summed E-state index contributed by atoms with van der Waals surface area (Å²) in [5.74, 6) is -2.75. The molecular formula is C39H42O19. The molecule has 19 heteroatoms. The van der Waals surface area contributed by atoms with E-state index in [2.05, 4.69) is 0 Å². The second-order valence-electron chi connectivity index (χ2n) is 13.3. The summed E-state index contributed by atoms with van der Waals surface area (Å²) >= 11 is 0. The molecule has 3 aromatic carbocycles. The Kier molecular flexibility index (Phi) is 12.8. The highest BCUT2D eigenvalue weighted by Gasteiger charge is 2.47. The predicted molar refractivity (Wildman–Crippen MR) is 194 cm³/mol. The molecule has 1 unspecified atom stereocenters. The van der Waals surface area contributed by atoms with Crippen LogP contribution in [0.25, 0.3) is 12.2 Å². The van der Waals surface area contributed by atoms with Crippen LogP contribution in [-0.4, -0.2) is 136 Å². The van der Waals surface area contributed by atoms with Crippen LogP contribution in [0.4, 0.5) is 0 Å². The van der Waals surface area contributed by atoms with Gasteiger partial charge in [-0.05, 0) is 42.0 Å². The lowest BCUT2D eigenvalue weighted by atomic mass is 9.98. The molecule has 312 valence electrons. The minimum atomic E-state index is -1.90. The molecule has 0 bridgehead atoms. The molecule has 3 aromatic rings. The number of phenols is 3. The molecule has 3 aliphatic rings. The summed E-state index contributed by atoms with van der Waals surface area (Å²) in [4.78, 5) is 24.4. The largest absolute Gasteiger partial charge is 0.508 e. The lowest BCUT2D eigenvalue weighted by Gasteiger charge is -2.41. The van der Waals surface area contributed by atoms with Crippen molar-refractivity contribution >= 4 is 24.1 Å². The number of rotatable bonds is 12. The van der Waals surface area contributed by atoms with E-state index in [-0.39, 0.29) is 57.1 Å².